The van der Waals surface area contributed by atoms with Gasteiger partial charge in [-0.3, -0.25) is 9.48 Å². The third-order valence-electron chi connectivity index (χ3n) is 4.41. The lowest BCUT2D eigenvalue weighted by atomic mass is 10.1. The molecule has 1 aromatic carbocycles. The molecule has 0 fully saturated rings. The molecule has 1 amide bonds. The van der Waals surface area contributed by atoms with Crippen LogP contribution in [0.5, 0.6) is 0 Å². The lowest BCUT2D eigenvalue weighted by molar-refractivity contribution is -0.120. The van der Waals surface area contributed by atoms with Crippen molar-refractivity contribution in [2.24, 2.45) is 0 Å². The zero-order valence-electron chi connectivity index (χ0n) is 15.8. The number of hydrogen-bond acceptors (Lipinski definition) is 5. The summed E-state index contributed by atoms with van der Waals surface area (Å²) in [6.07, 6.45) is 1.97. The fourth-order valence-corrected chi connectivity index (χ4v) is 3.84. The van der Waals surface area contributed by atoms with E-state index in [9.17, 15) is 9.18 Å². The quantitative estimate of drug-likeness (QED) is 0.498. The van der Waals surface area contributed by atoms with Crippen molar-refractivity contribution >= 4 is 17.2 Å². The topological polar surface area (TPSA) is 73.0 Å². The number of aromatic nitrogens is 3. The van der Waals surface area contributed by atoms with Gasteiger partial charge >= 0.3 is 0 Å². The minimum absolute atomic E-state index is 0.118. The number of amides is 1. The Hall–Kier alpha value is -3.26. The van der Waals surface area contributed by atoms with Gasteiger partial charge < -0.3 is 9.84 Å². The van der Waals surface area contributed by atoms with Crippen molar-refractivity contribution in [1.82, 2.24) is 20.3 Å². The van der Waals surface area contributed by atoms with E-state index in [0.29, 0.717) is 18.8 Å². The Labute approximate surface area is 171 Å². The molecule has 0 atom stereocenters. The summed E-state index contributed by atoms with van der Waals surface area (Å²) in [6, 6.07) is 11.8. The fourth-order valence-electron chi connectivity index (χ4n) is 3.05. The SMILES string of the molecule is Cc1cc(-c2cnn(CCNC(=O)Cc3ccc(F)cc3)c2-c2cccs2)on1. The summed E-state index contributed by atoms with van der Waals surface area (Å²) < 4.78 is 20.3. The third-order valence-corrected chi connectivity index (χ3v) is 5.29. The van der Waals surface area contributed by atoms with Gasteiger partial charge in [-0.1, -0.05) is 23.4 Å². The molecule has 8 heteroatoms. The zero-order chi connectivity index (χ0) is 20.2. The Bertz CT molecular complexity index is 1100. The number of carbonyl (C=O) groups is 1. The molecule has 29 heavy (non-hydrogen) atoms. The minimum atomic E-state index is -0.313. The molecule has 3 heterocycles. The van der Waals surface area contributed by atoms with Gasteiger partial charge in [0.25, 0.3) is 0 Å². The maximum atomic E-state index is 13.0. The Morgan fingerprint density at radius 3 is 2.79 bits per heavy atom. The highest BCUT2D eigenvalue weighted by Gasteiger charge is 2.18. The van der Waals surface area contributed by atoms with Crippen molar-refractivity contribution in [2.45, 2.75) is 19.9 Å². The second-order valence-corrected chi connectivity index (χ2v) is 7.54. The standard InChI is InChI=1S/C21H19FN4O2S/c1-14-11-18(28-25-14)17-13-24-26(21(17)19-3-2-10-29-19)9-8-23-20(27)12-15-4-6-16(22)7-5-15/h2-7,10-11,13H,8-9,12H2,1H3,(H,23,27). The summed E-state index contributed by atoms with van der Waals surface area (Å²) in [5.41, 5.74) is 3.37. The Balaban J connectivity index is 1.45. The number of carbonyl (C=O) groups excluding carboxylic acids is 1. The second kappa shape index (κ2) is 8.40. The molecular weight excluding hydrogens is 391 g/mol. The van der Waals surface area contributed by atoms with Gasteiger partial charge in [-0.25, -0.2) is 4.39 Å². The number of thiophene rings is 1. The summed E-state index contributed by atoms with van der Waals surface area (Å²) in [6.45, 7) is 2.81. The molecule has 1 N–H and O–H groups in total. The van der Waals surface area contributed by atoms with E-state index < -0.39 is 0 Å². The largest absolute Gasteiger partial charge is 0.356 e. The van der Waals surface area contributed by atoms with Crippen LogP contribution in [0, 0.1) is 12.7 Å². The highest BCUT2D eigenvalue weighted by Crippen LogP contribution is 2.34. The van der Waals surface area contributed by atoms with Crippen molar-refractivity contribution in [2.75, 3.05) is 6.54 Å². The second-order valence-electron chi connectivity index (χ2n) is 6.59. The summed E-state index contributed by atoms with van der Waals surface area (Å²) >= 11 is 1.61. The van der Waals surface area contributed by atoms with Crippen LogP contribution in [0.3, 0.4) is 0 Å². The highest BCUT2D eigenvalue weighted by atomic mass is 32.1. The normalized spacial score (nSPS) is 11.0. The number of nitrogens with zero attached hydrogens (tertiary/aromatic N) is 3. The number of hydrogen-bond donors (Lipinski definition) is 1. The van der Waals surface area contributed by atoms with Crippen LogP contribution >= 0.6 is 11.3 Å². The molecule has 0 saturated heterocycles. The lowest BCUT2D eigenvalue weighted by Crippen LogP contribution is -2.29. The summed E-state index contributed by atoms with van der Waals surface area (Å²) in [7, 11) is 0. The maximum absolute atomic E-state index is 13.0. The molecule has 0 aliphatic heterocycles. The summed E-state index contributed by atoms with van der Waals surface area (Å²) in [5, 5.41) is 13.4. The molecule has 0 spiro atoms. The molecule has 6 nitrogen and oxygen atoms in total. The molecule has 0 aliphatic carbocycles. The van der Waals surface area contributed by atoms with Crippen molar-refractivity contribution < 1.29 is 13.7 Å². The van der Waals surface area contributed by atoms with Gasteiger partial charge in [0.15, 0.2) is 5.76 Å². The third kappa shape index (κ3) is 4.43. The highest BCUT2D eigenvalue weighted by molar-refractivity contribution is 7.13. The fraction of sp³-hybridized carbons (Fsp3) is 0.190. The van der Waals surface area contributed by atoms with E-state index >= 15 is 0 Å². The molecule has 0 bridgehead atoms. The van der Waals surface area contributed by atoms with E-state index in [-0.39, 0.29) is 18.1 Å². The number of benzene rings is 1. The smallest absolute Gasteiger partial charge is 0.224 e. The van der Waals surface area contributed by atoms with Crippen LogP contribution in [-0.4, -0.2) is 27.4 Å². The van der Waals surface area contributed by atoms with E-state index in [1.807, 2.05) is 35.2 Å². The van der Waals surface area contributed by atoms with Crippen LogP contribution < -0.4 is 5.32 Å². The molecule has 148 valence electrons. The van der Waals surface area contributed by atoms with Gasteiger partial charge in [0.2, 0.25) is 5.91 Å². The van der Waals surface area contributed by atoms with Crippen LogP contribution in [0.1, 0.15) is 11.3 Å². The lowest BCUT2D eigenvalue weighted by Gasteiger charge is -2.09. The number of halogens is 1. The Morgan fingerprint density at radius 1 is 1.28 bits per heavy atom. The summed E-state index contributed by atoms with van der Waals surface area (Å²) in [4.78, 5) is 13.2. The number of nitrogens with one attached hydrogen (secondary N) is 1. The van der Waals surface area contributed by atoms with Crippen molar-refractivity contribution in [3.8, 4) is 21.9 Å². The first-order valence-electron chi connectivity index (χ1n) is 9.14. The summed E-state index contributed by atoms with van der Waals surface area (Å²) in [5.74, 6) is 0.233. The maximum Gasteiger partial charge on any atom is 0.224 e. The Kier molecular flexibility index (Phi) is 5.53. The van der Waals surface area contributed by atoms with Gasteiger partial charge in [-0.05, 0) is 36.1 Å². The zero-order valence-corrected chi connectivity index (χ0v) is 16.6. The molecule has 0 radical (unpaired) electrons. The molecular formula is C21H19FN4O2S. The molecule has 0 unspecified atom stereocenters. The van der Waals surface area contributed by atoms with Gasteiger partial charge in [0, 0.05) is 12.6 Å². The van der Waals surface area contributed by atoms with Crippen LogP contribution in [0.15, 0.2) is 58.6 Å². The van der Waals surface area contributed by atoms with Crippen LogP contribution in [-0.2, 0) is 17.8 Å². The average Bonchev–Trinajstić information content (AvgIpc) is 3.44. The number of aryl methyl sites for hydroxylation is 1. The molecule has 4 aromatic rings. The molecule has 0 saturated carbocycles. The van der Waals surface area contributed by atoms with Crippen molar-refractivity contribution in [3.63, 3.8) is 0 Å². The van der Waals surface area contributed by atoms with E-state index in [1.165, 1.54) is 12.1 Å². The first kappa shape index (κ1) is 19.1. The van der Waals surface area contributed by atoms with Crippen molar-refractivity contribution in [1.29, 1.82) is 0 Å². The van der Waals surface area contributed by atoms with E-state index in [2.05, 4.69) is 15.6 Å². The number of rotatable bonds is 7. The minimum Gasteiger partial charge on any atom is -0.356 e. The van der Waals surface area contributed by atoms with E-state index in [4.69, 9.17) is 4.52 Å². The van der Waals surface area contributed by atoms with Gasteiger partial charge in [-0.15, -0.1) is 11.3 Å². The van der Waals surface area contributed by atoms with Gasteiger partial charge in [0.1, 0.15) is 5.82 Å². The van der Waals surface area contributed by atoms with Crippen LogP contribution in [0.4, 0.5) is 4.39 Å². The predicted octanol–water partition coefficient (Wildman–Crippen LogP) is 4.07. The average molecular weight is 410 g/mol. The van der Waals surface area contributed by atoms with Crippen molar-refractivity contribution in [3.05, 3.63) is 71.1 Å². The van der Waals surface area contributed by atoms with E-state index in [0.717, 1.165) is 27.4 Å². The predicted molar refractivity (Wildman–Crippen MR) is 109 cm³/mol. The van der Waals surface area contributed by atoms with Crippen LogP contribution in [0.25, 0.3) is 21.9 Å². The molecule has 3 aromatic heterocycles. The van der Waals surface area contributed by atoms with E-state index in [1.54, 1.807) is 29.7 Å². The first-order valence-corrected chi connectivity index (χ1v) is 10.0. The van der Waals surface area contributed by atoms with Gasteiger partial charge in [0.05, 0.1) is 41.0 Å². The van der Waals surface area contributed by atoms with Crippen LogP contribution in [0.2, 0.25) is 0 Å². The monoisotopic (exact) mass is 410 g/mol. The first-order chi connectivity index (χ1) is 14.1. The molecule has 4 rings (SSSR count). The Morgan fingerprint density at radius 2 is 2.10 bits per heavy atom. The molecule has 0 aliphatic rings. The van der Waals surface area contributed by atoms with Gasteiger partial charge in [-0.2, -0.15) is 5.10 Å².